The van der Waals surface area contributed by atoms with Crippen molar-refractivity contribution in [2.45, 2.75) is 65.6 Å². The lowest BCUT2D eigenvalue weighted by atomic mass is 9.93. The first-order chi connectivity index (χ1) is 10.4. The van der Waals surface area contributed by atoms with Crippen molar-refractivity contribution < 1.29 is 14.6 Å². The van der Waals surface area contributed by atoms with Gasteiger partial charge in [0.15, 0.2) is 0 Å². The van der Waals surface area contributed by atoms with Gasteiger partial charge in [-0.3, -0.25) is 4.79 Å². The SMILES string of the molecule is C/C(=C\[C@H](C)[C@@H](C)O)C1OC(=O)CCCC/C=C/C=C\[C@@H]1C. The summed E-state index contributed by atoms with van der Waals surface area (Å²) in [4.78, 5) is 12.0. The van der Waals surface area contributed by atoms with Crippen LogP contribution in [0.1, 0.15) is 53.4 Å². The quantitative estimate of drug-likeness (QED) is 0.628. The Labute approximate surface area is 134 Å². The standard InChI is InChI=1S/C19H30O3/c1-14-11-9-7-5-6-8-10-12-18(21)22-19(14)16(3)13-15(2)17(4)20/h5,7,9,11,13-15,17,19-20H,6,8,10,12H2,1-4H3/b7-5+,11-9-,16-13+/t14-,15-,17+,19?/m0/s1. The average molecular weight is 306 g/mol. The largest absolute Gasteiger partial charge is 0.457 e. The van der Waals surface area contributed by atoms with Crippen molar-refractivity contribution in [3.63, 3.8) is 0 Å². The molecule has 3 nitrogen and oxygen atoms in total. The highest BCUT2D eigenvalue weighted by Gasteiger charge is 2.22. The first kappa shape index (κ1) is 18.7. The molecule has 1 unspecified atom stereocenters. The lowest BCUT2D eigenvalue weighted by Crippen LogP contribution is -2.26. The van der Waals surface area contributed by atoms with Crippen LogP contribution >= 0.6 is 0 Å². The second-order valence-corrected chi connectivity index (χ2v) is 6.34. The molecule has 0 fully saturated rings. The molecule has 22 heavy (non-hydrogen) atoms. The number of allylic oxidation sites excluding steroid dienone is 3. The zero-order valence-electron chi connectivity index (χ0n) is 14.3. The smallest absolute Gasteiger partial charge is 0.306 e. The normalized spacial score (nSPS) is 30.4. The van der Waals surface area contributed by atoms with E-state index in [4.69, 9.17) is 4.74 Å². The zero-order valence-corrected chi connectivity index (χ0v) is 14.3. The number of carbonyl (C=O) groups excluding carboxylic acids is 1. The molecule has 0 aromatic carbocycles. The maximum absolute atomic E-state index is 12.0. The highest BCUT2D eigenvalue weighted by Crippen LogP contribution is 2.22. The van der Waals surface area contributed by atoms with Crippen molar-refractivity contribution in [3.05, 3.63) is 36.0 Å². The molecule has 0 saturated carbocycles. The predicted molar refractivity (Wildman–Crippen MR) is 90.4 cm³/mol. The molecule has 0 spiro atoms. The van der Waals surface area contributed by atoms with Gasteiger partial charge in [-0.15, -0.1) is 0 Å². The lowest BCUT2D eigenvalue weighted by molar-refractivity contribution is -0.148. The minimum absolute atomic E-state index is 0.0381. The molecule has 1 aliphatic rings. The first-order valence-electron chi connectivity index (χ1n) is 8.31. The molecule has 0 saturated heterocycles. The number of aliphatic hydroxyl groups excluding tert-OH is 1. The molecule has 0 radical (unpaired) electrons. The highest BCUT2D eigenvalue weighted by molar-refractivity contribution is 5.69. The molecule has 0 aromatic rings. The van der Waals surface area contributed by atoms with Crippen molar-refractivity contribution >= 4 is 5.97 Å². The van der Waals surface area contributed by atoms with E-state index in [0.717, 1.165) is 24.8 Å². The fraction of sp³-hybridized carbons (Fsp3) is 0.632. The Balaban J connectivity index is 2.94. The Bertz CT molecular complexity index is 432. The van der Waals surface area contributed by atoms with E-state index in [1.165, 1.54) is 0 Å². The summed E-state index contributed by atoms with van der Waals surface area (Å²) < 4.78 is 5.71. The fourth-order valence-electron chi connectivity index (χ4n) is 2.51. The predicted octanol–water partition coefficient (Wildman–Crippen LogP) is 4.18. The summed E-state index contributed by atoms with van der Waals surface area (Å²) in [5, 5.41) is 9.66. The number of aliphatic hydroxyl groups is 1. The highest BCUT2D eigenvalue weighted by atomic mass is 16.5. The van der Waals surface area contributed by atoms with Crippen LogP contribution in [0.4, 0.5) is 0 Å². The van der Waals surface area contributed by atoms with E-state index in [0.29, 0.717) is 6.42 Å². The van der Waals surface area contributed by atoms with Crippen LogP contribution < -0.4 is 0 Å². The van der Waals surface area contributed by atoms with Gasteiger partial charge in [0.2, 0.25) is 0 Å². The van der Waals surface area contributed by atoms with E-state index < -0.39 is 6.10 Å². The molecule has 0 aliphatic carbocycles. The monoisotopic (exact) mass is 306 g/mol. The summed E-state index contributed by atoms with van der Waals surface area (Å²) in [5.74, 6) is 0.00823. The maximum atomic E-state index is 12.0. The van der Waals surface area contributed by atoms with E-state index in [9.17, 15) is 9.90 Å². The minimum atomic E-state index is -0.411. The summed E-state index contributed by atoms with van der Waals surface area (Å²) in [7, 11) is 0. The summed E-state index contributed by atoms with van der Waals surface area (Å²) in [6.07, 6.45) is 13.0. The van der Waals surface area contributed by atoms with E-state index in [2.05, 4.69) is 25.2 Å². The van der Waals surface area contributed by atoms with E-state index in [1.54, 1.807) is 6.92 Å². The topological polar surface area (TPSA) is 46.5 Å². The molecule has 1 N–H and O–H groups in total. The minimum Gasteiger partial charge on any atom is -0.457 e. The number of esters is 1. The van der Waals surface area contributed by atoms with Crippen LogP contribution in [0.2, 0.25) is 0 Å². The van der Waals surface area contributed by atoms with Crippen LogP contribution in [0.3, 0.4) is 0 Å². The van der Waals surface area contributed by atoms with Gasteiger partial charge in [0.1, 0.15) is 6.10 Å². The van der Waals surface area contributed by atoms with E-state index in [-0.39, 0.29) is 23.9 Å². The summed E-state index contributed by atoms with van der Waals surface area (Å²) in [6.45, 7) is 7.77. The number of hydrogen-bond acceptors (Lipinski definition) is 3. The molecule has 1 rings (SSSR count). The van der Waals surface area contributed by atoms with Crippen LogP contribution in [0.25, 0.3) is 0 Å². The third kappa shape index (κ3) is 6.61. The van der Waals surface area contributed by atoms with E-state index in [1.807, 2.05) is 26.0 Å². The number of rotatable bonds is 3. The van der Waals surface area contributed by atoms with Gasteiger partial charge in [0.05, 0.1) is 6.10 Å². The van der Waals surface area contributed by atoms with Crippen molar-refractivity contribution in [1.82, 2.24) is 0 Å². The van der Waals surface area contributed by atoms with Crippen molar-refractivity contribution in [2.24, 2.45) is 11.8 Å². The van der Waals surface area contributed by atoms with Crippen LogP contribution in [0.15, 0.2) is 36.0 Å². The fourth-order valence-corrected chi connectivity index (χ4v) is 2.51. The Morgan fingerprint density at radius 1 is 1.36 bits per heavy atom. The van der Waals surface area contributed by atoms with Gasteiger partial charge in [-0.1, -0.05) is 44.2 Å². The number of carbonyl (C=O) groups is 1. The van der Waals surface area contributed by atoms with Crippen molar-refractivity contribution in [2.75, 3.05) is 0 Å². The third-order valence-electron chi connectivity index (χ3n) is 4.14. The summed E-state index contributed by atoms with van der Waals surface area (Å²) in [6, 6.07) is 0. The van der Waals surface area contributed by atoms with Gasteiger partial charge in [-0.05, 0) is 38.7 Å². The molecule has 4 atom stereocenters. The van der Waals surface area contributed by atoms with Crippen LogP contribution in [0.5, 0.6) is 0 Å². The Morgan fingerprint density at radius 2 is 2.09 bits per heavy atom. The maximum Gasteiger partial charge on any atom is 0.306 e. The van der Waals surface area contributed by atoms with Crippen LogP contribution in [0, 0.1) is 11.8 Å². The van der Waals surface area contributed by atoms with Gasteiger partial charge in [-0.25, -0.2) is 0 Å². The molecule has 1 aliphatic heterocycles. The molecule has 0 bridgehead atoms. The van der Waals surface area contributed by atoms with Gasteiger partial charge in [-0.2, -0.15) is 0 Å². The van der Waals surface area contributed by atoms with Gasteiger partial charge in [0.25, 0.3) is 0 Å². The van der Waals surface area contributed by atoms with Gasteiger partial charge in [0, 0.05) is 18.3 Å². The molecule has 1 heterocycles. The Hall–Kier alpha value is -1.35. The molecule has 124 valence electrons. The van der Waals surface area contributed by atoms with Crippen LogP contribution in [-0.2, 0) is 9.53 Å². The molecular formula is C19H30O3. The molecule has 0 aromatic heterocycles. The van der Waals surface area contributed by atoms with Gasteiger partial charge >= 0.3 is 5.97 Å². The Kier molecular flexibility index (Phi) is 8.18. The molecule has 3 heteroatoms. The van der Waals surface area contributed by atoms with Crippen LogP contribution in [-0.4, -0.2) is 23.3 Å². The number of cyclic esters (lactones) is 1. The second-order valence-electron chi connectivity index (χ2n) is 6.34. The number of ether oxygens (including phenoxy) is 1. The average Bonchev–Trinajstić information content (AvgIpc) is 2.45. The summed E-state index contributed by atoms with van der Waals surface area (Å²) >= 11 is 0. The van der Waals surface area contributed by atoms with Crippen molar-refractivity contribution in [1.29, 1.82) is 0 Å². The zero-order chi connectivity index (χ0) is 16.5. The van der Waals surface area contributed by atoms with E-state index >= 15 is 0 Å². The van der Waals surface area contributed by atoms with Crippen molar-refractivity contribution in [3.8, 4) is 0 Å². The Morgan fingerprint density at radius 3 is 2.77 bits per heavy atom. The summed E-state index contributed by atoms with van der Waals surface area (Å²) in [5.41, 5.74) is 1.000. The second kappa shape index (κ2) is 9.62. The molecular weight excluding hydrogens is 276 g/mol. The third-order valence-corrected chi connectivity index (χ3v) is 4.14. The molecule has 0 amide bonds. The first-order valence-corrected chi connectivity index (χ1v) is 8.31. The van der Waals surface area contributed by atoms with Gasteiger partial charge < -0.3 is 9.84 Å². The number of hydrogen-bond donors (Lipinski definition) is 1. The lowest BCUT2D eigenvalue weighted by Gasteiger charge is -2.24.